The van der Waals surface area contributed by atoms with Crippen LogP contribution in [0.2, 0.25) is 5.02 Å². The van der Waals surface area contributed by atoms with Crippen LogP contribution in [0.1, 0.15) is 17.5 Å². The van der Waals surface area contributed by atoms with Crippen LogP contribution in [-0.2, 0) is 27.3 Å². The van der Waals surface area contributed by atoms with E-state index in [1.165, 1.54) is 10.9 Å². The molecular weight excluding hydrogens is 406 g/mol. The van der Waals surface area contributed by atoms with E-state index in [-0.39, 0.29) is 31.0 Å². The maximum atomic E-state index is 12.5. The number of carbonyl (C=O) groups is 2. The van der Waals surface area contributed by atoms with Crippen LogP contribution >= 0.6 is 11.6 Å². The molecule has 3 aromatic rings. The number of amides is 1. The molecule has 0 saturated heterocycles. The first kappa shape index (κ1) is 21.5. The number of halogens is 1. The van der Waals surface area contributed by atoms with E-state index in [1.54, 1.807) is 24.3 Å². The first-order valence-corrected chi connectivity index (χ1v) is 9.93. The van der Waals surface area contributed by atoms with Crippen LogP contribution in [-0.4, -0.2) is 34.6 Å². The SMILES string of the molecule is Cc1cccc2c(=O)n(CCC(=O)OCC(=O)NCCc3ccc(Cl)cc3)cnc12. The third-order valence-electron chi connectivity index (χ3n) is 4.63. The largest absolute Gasteiger partial charge is 0.456 e. The Bertz CT molecular complexity index is 1110. The van der Waals surface area contributed by atoms with Gasteiger partial charge >= 0.3 is 5.97 Å². The Morgan fingerprint density at radius 1 is 1.17 bits per heavy atom. The van der Waals surface area contributed by atoms with Crippen LogP contribution in [0.3, 0.4) is 0 Å². The molecule has 0 fully saturated rings. The summed E-state index contributed by atoms with van der Waals surface area (Å²) >= 11 is 5.83. The maximum absolute atomic E-state index is 12.5. The fourth-order valence-corrected chi connectivity index (χ4v) is 3.10. The second kappa shape index (κ2) is 10.0. The van der Waals surface area contributed by atoms with Gasteiger partial charge in [-0.15, -0.1) is 0 Å². The Kier molecular flexibility index (Phi) is 7.19. The number of rotatable bonds is 8. The molecule has 8 heteroatoms. The van der Waals surface area contributed by atoms with Crippen LogP contribution in [0.25, 0.3) is 10.9 Å². The van der Waals surface area contributed by atoms with Crippen molar-refractivity contribution in [1.82, 2.24) is 14.9 Å². The number of aromatic nitrogens is 2. The molecule has 1 N–H and O–H groups in total. The molecule has 0 atom stereocenters. The summed E-state index contributed by atoms with van der Waals surface area (Å²) in [5.74, 6) is -0.934. The van der Waals surface area contributed by atoms with Gasteiger partial charge in [-0.2, -0.15) is 0 Å². The van der Waals surface area contributed by atoms with E-state index >= 15 is 0 Å². The van der Waals surface area contributed by atoms with Gasteiger partial charge in [0.25, 0.3) is 11.5 Å². The number of carbonyl (C=O) groups excluding carboxylic acids is 2. The Labute approximate surface area is 178 Å². The van der Waals surface area contributed by atoms with Gasteiger partial charge in [-0.1, -0.05) is 35.9 Å². The van der Waals surface area contributed by atoms with Crippen LogP contribution in [0.5, 0.6) is 0 Å². The Morgan fingerprint density at radius 3 is 2.70 bits per heavy atom. The number of benzene rings is 2. The zero-order chi connectivity index (χ0) is 21.5. The van der Waals surface area contributed by atoms with Gasteiger partial charge in [-0.25, -0.2) is 4.98 Å². The van der Waals surface area contributed by atoms with E-state index in [0.717, 1.165) is 11.1 Å². The van der Waals surface area contributed by atoms with Crippen molar-refractivity contribution < 1.29 is 14.3 Å². The molecule has 30 heavy (non-hydrogen) atoms. The van der Waals surface area contributed by atoms with Crippen molar-refractivity contribution in [2.75, 3.05) is 13.2 Å². The lowest BCUT2D eigenvalue weighted by molar-refractivity contribution is -0.148. The topological polar surface area (TPSA) is 90.3 Å². The van der Waals surface area contributed by atoms with Crippen molar-refractivity contribution in [3.8, 4) is 0 Å². The van der Waals surface area contributed by atoms with Crippen LogP contribution in [0.4, 0.5) is 0 Å². The molecule has 0 spiro atoms. The maximum Gasteiger partial charge on any atom is 0.308 e. The fourth-order valence-electron chi connectivity index (χ4n) is 2.98. The number of aryl methyl sites for hydroxylation is 2. The highest BCUT2D eigenvalue weighted by atomic mass is 35.5. The molecule has 0 aliphatic rings. The molecule has 0 saturated carbocycles. The van der Waals surface area contributed by atoms with Crippen molar-refractivity contribution in [3.63, 3.8) is 0 Å². The van der Waals surface area contributed by atoms with Gasteiger partial charge < -0.3 is 10.1 Å². The van der Waals surface area contributed by atoms with E-state index in [4.69, 9.17) is 16.3 Å². The van der Waals surface area contributed by atoms with Gasteiger partial charge in [-0.3, -0.25) is 19.0 Å². The molecule has 0 unspecified atom stereocenters. The summed E-state index contributed by atoms with van der Waals surface area (Å²) in [5, 5.41) is 3.86. The highest BCUT2D eigenvalue weighted by molar-refractivity contribution is 6.30. The molecule has 1 amide bonds. The molecule has 3 rings (SSSR count). The van der Waals surface area contributed by atoms with Crippen LogP contribution < -0.4 is 10.9 Å². The predicted molar refractivity (Wildman–Crippen MR) is 114 cm³/mol. The smallest absolute Gasteiger partial charge is 0.308 e. The number of hydrogen-bond donors (Lipinski definition) is 1. The summed E-state index contributed by atoms with van der Waals surface area (Å²) in [6.45, 7) is 2.09. The van der Waals surface area contributed by atoms with Crippen molar-refractivity contribution in [2.45, 2.75) is 26.3 Å². The van der Waals surface area contributed by atoms with E-state index < -0.39 is 5.97 Å². The summed E-state index contributed by atoms with van der Waals surface area (Å²) in [7, 11) is 0. The van der Waals surface area contributed by atoms with Crippen LogP contribution in [0.15, 0.2) is 53.6 Å². The van der Waals surface area contributed by atoms with Gasteiger partial charge in [0.1, 0.15) is 0 Å². The number of nitrogens with one attached hydrogen (secondary N) is 1. The average Bonchev–Trinajstić information content (AvgIpc) is 2.74. The van der Waals surface area contributed by atoms with Crippen molar-refractivity contribution in [3.05, 3.63) is 75.3 Å². The van der Waals surface area contributed by atoms with E-state index in [1.807, 2.05) is 25.1 Å². The minimum absolute atomic E-state index is 0.0308. The third kappa shape index (κ3) is 5.67. The van der Waals surface area contributed by atoms with Gasteiger partial charge in [0, 0.05) is 18.1 Å². The zero-order valence-corrected chi connectivity index (χ0v) is 17.3. The molecule has 7 nitrogen and oxygen atoms in total. The van der Waals surface area contributed by atoms with Gasteiger partial charge in [-0.05, 0) is 42.7 Å². The number of esters is 1. The second-order valence-corrected chi connectivity index (χ2v) is 7.29. The summed E-state index contributed by atoms with van der Waals surface area (Å²) in [5.41, 5.74) is 2.40. The highest BCUT2D eigenvalue weighted by Gasteiger charge is 2.10. The molecular formula is C22H22ClN3O4. The average molecular weight is 428 g/mol. The number of para-hydroxylation sites is 1. The molecule has 156 valence electrons. The molecule has 0 aliphatic heterocycles. The fraction of sp³-hybridized carbons (Fsp3) is 0.273. The summed E-state index contributed by atoms with van der Waals surface area (Å²) in [6, 6.07) is 12.7. The Hall–Kier alpha value is -3.19. The van der Waals surface area contributed by atoms with Gasteiger partial charge in [0.15, 0.2) is 6.61 Å². The molecule has 2 aromatic carbocycles. The highest BCUT2D eigenvalue weighted by Crippen LogP contribution is 2.11. The zero-order valence-electron chi connectivity index (χ0n) is 16.6. The summed E-state index contributed by atoms with van der Waals surface area (Å²) < 4.78 is 6.36. The molecule has 1 aromatic heterocycles. The lowest BCUT2D eigenvalue weighted by Gasteiger charge is -2.09. The quantitative estimate of drug-likeness (QED) is 0.558. The lowest BCUT2D eigenvalue weighted by Crippen LogP contribution is -2.30. The first-order chi connectivity index (χ1) is 14.4. The number of fused-ring (bicyclic) bond motifs is 1. The van der Waals surface area contributed by atoms with Gasteiger partial charge in [0.2, 0.25) is 0 Å². The Balaban J connectivity index is 1.42. The first-order valence-electron chi connectivity index (χ1n) is 9.55. The minimum Gasteiger partial charge on any atom is -0.456 e. The summed E-state index contributed by atoms with van der Waals surface area (Å²) in [6.07, 6.45) is 2.04. The minimum atomic E-state index is -0.556. The molecule has 0 aliphatic carbocycles. The lowest BCUT2D eigenvalue weighted by atomic mass is 10.1. The summed E-state index contributed by atoms with van der Waals surface area (Å²) in [4.78, 5) is 40.6. The number of hydrogen-bond acceptors (Lipinski definition) is 5. The molecule has 1 heterocycles. The third-order valence-corrected chi connectivity index (χ3v) is 4.88. The predicted octanol–water partition coefficient (Wildman–Crippen LogP) is 2.65. The second-order valence-electron chi connectivity index (χ2n) is 6.85. The van der Waals surface area contributed by atoms with E-state index in [9.17, 15) is 14.4 Å². The number of ether oxygens (including phenoxy) is 1. The van der Waals surface area contributed by atoms with Crippen molar-refractivity contribution >= 4 is 34.4 Å². The normalized spacial score (nSPS) is 10.7. The van der Waals surface area contributed by atoms with E-state index in [2.05, 4.69) is 10.3 Å². The number of nitrogens with zero attached hydrogens (tertiary/aromatic N) is 2. The van der Waals surface area contributed by atoms with E-state index in [0.29, 0.717) is 28.9 Å². The molecule has 0 bridgehead atoms. The Morgan fingerprint density at radius 2 is 1.93 bits per heavy atom. The molecule has 0 radical (unpaired) electrons. The van der Waals surface area contributed by atoms with Crippen molar-refractivity contribution in [1.29, 1.82) is 0 Å². The van der Waals surface area contributed by atoms with Crippen molar-refractivity contribution in [2.24, 2.45) is 0 Å². The monoisotopic (exact) mass is 427 g/mol. The van der Waals surface area contributed by atoms with Gasteiger partial charge in [0.05, 0.1) is 23.7 Å². The van der Waals surface area contributed by atoms with Crippen LogP contribution in [0, 0.1) is 6.92 Å². The standard InChI is InChI=1S/C22H22ClN3O4/c1-15-3-2-4-18-21(15)25-14-26(22(18)29)12-10-20(28)30-13-19(27)24-11-9-16-5-7-17(23)8-6-16/h2-8,14H,9-13H2,1H3,(H,24,27).